The van der Waals surface area contributed by atoms with E-state index in [4.69, 9.17) is 4.74 Å². The van der Waals surface area contributed by atoms with Gasteiger partial charge in [-0.25, -0.2) is 4.98 Å². The number of rotatable bonds is 1. The average molecular weight is 204 g/mol. The van der Waals surface area contributed by atoms with Crippen molar-refractivity contribution < 1.29 is 4.74 Å². The summed E-state index contributed by atoms with van der Waals surface area (Å²) in [5.41, 5.74) is 2.16. The second-order valence-electron chi connectivity index (χ2n) is 3.01. The van der Waals surface area contributed by atoms with Crippen LogP contribution in [0.1, 0.15) is 0 Å². The van der Waals surface area contributed by atoms with Crippen LogP contribution in [0.5, 0.6) is 5.06 Å². The van der Waals surface area contributed by atoms with Gasteiger partial charge in [0.1, 0.15) is 0 Å². The highest BCUT2D eigenvalue weighted by Gasteiger charge is 2.07. The Bertz CT molecular complexity index is 596. The summed E-state index contributed by atoms with van der Waals surface area (Å²) in [7, 11) is 1.67. The molecule has 2 aromatic heterocycles. The van der Waals surface area contributed by atoms with Gasteiger partial charge in [0.15, 0.2) is 10.0 Å². The molecule has 0 spiro atoms. The van der Waals surface area contributed by atoms with Crippen molar-refractivity contribution in [2.24, 2.45) is 0 Å². The molecule has 0 N–H and O–H groups in total. The van der Waals surface area contributed by atoms with E-state index in [1.165, 1.54) is 0 Å². The third-order valence-electron chi connectivity index (χ3n) is 2.19. The summed E-state index contributed by atoms with van der Waals surface area (Å²) in [5, 5.41) is 0.887. The number of thiazole rings is 1. The maximum atomic E-state index is 5.16. The fourth-order valence-corrected chi connectivity index (χ4v) is 2.35. The molecule has 0 atom stereocenters. The maximum Gasteiger partial charge on any atom is 0.198 e. The van der Waals surface area contributed by atoms with Gasteiger partial charge in [0.05, 0.1) is 24.3 Å². The van der Waals surface area contributed by atoms with Crippen molar-refractivity contribution >= 4 is 27.3 Å². The normalized spacial score (nSPS) is 11.2. The minimum absolute atomic E-state index is 0.887. The van der Waals surface area contributed by atoms with Crippen LogP contribution in [0.4, 0.5) is 0 Å². The number of hydrogen-bond donors (Lipinski definition) is 0. The molecular weight excluding hydrogens is 196 g/mol. The predicted octanol–water partition coefficient (Wildman–Crippen LogP) is 2.56. The van der Waals surface area contributed by atoms with E-state index in [2.05, 4.69) is 15.5 Å². The van der Waals surface area contributed by atoms with Crippen LogP contribution in [0.3, 0.4) is 0 Å². The lowest BCUT2D eigenvalue weighted by Crippen LogP contribution is -1.78. The molecule has 0 unspecified atom stereocenters. The summed E-state index contributed by atoms with van der Waals surface area (Å²) in [6, 6.07) is 8.08. The van der Waals surface area contributed by atoms with Crippen LogP contribution >= 0.6 is 11.3 Å². The Morgan fingerprint density at radius 2 is 2.21 bits per heavy atom. The monoisotopic (exact) mass is 204 g/mol. The molecule has 0 aliphatic carbocycles. The second-order valence-corrected chi connectivity index (χ2v) is 3.98. The number of imidazole rings is 1. The van der Waals surface area contributed by atoms with Gasteiger partial charge in [0.25, 0.3) is 0 Å². The van der Waals surface area contributed by atoms with E-state index >= 15 is 0 Å². The van der Waals surface area contributed by atoms with Gasteiger partial charge in [-0.15, -0.1) is 0 Å². The summed E-state index contributed by atoms with van der Waals surface area (Å²) >= 11 is 1.55. The van der Waals surface area contributed by atoms with Crippen molar-refractivity contribution in [3.05, 3.63) is 30.5 Å². The molecule has 1 aromatic carbocycles. The second kappa shape index (κ2) is 2.72. The number of ether oxygens (including phenoxy) is 1. The molecule has 0 aliphatic heterocycles. The van der Waals surface area contributed by atoms with Gasteiger partial charge in [-0.3, -0.25) is 4.40 Å². The standard InChI is InChI=1S/C10H8N2OS/c1-13-9-6-12-8-5-3-2-4-7(8)11-10(12)14-9/h2-6H,1H3. The topological polar surface area (TPSA) is 26.5 Å². The molecule has 0 fully saturated rings. The smallest absolute Gasteiger partial charge is 0.198 e. The zero-order chi connectivity index (χ0) is 9.54. The number of hydrogen-bond acceptors (Lipinski definition) is 3. The number of benzene rings is 1. The van der Waals surface area contributed by atoms with E-state index in [0.29, 0.717) is 0 Å². The summed E-state index contributed by atoms with van der Waals surface area (Å²) < 4.78 is 7.22. The van der Waals surface area contributed by atoms with Crippen molar-refractivity contribution in [1.29, 1.82) is 0 Å². The zero-order valence-electron chi connectivity index (χ0n) is 7.60. The molecule has 0 saturated carbocycles. The van der Waals surface area contributed by atoms with E-state index in [0.717, 1.165) is 21.1 Å². The van der Waals surface area contributed by atoms with Gasteiger partial charge in [-0.05, 0) is 12.1 Å². The Hall–Kier alpha value is -1.55. The van der Waals surface area contributed by atoms with Crippen molar-refractivity contribution in [1.82, 2.24) is 9.38 Å². The molecule has 70 valence electrons. The Morgan fingerprint density at radius 3 is 3.07 bits per heavy atom. The van der Waals surface area contributed by atoms with E-state index in [1.807, 2.05) is 24.4 Å². The molecule has 4 heteroatoms. The minimum Gasteiger partial charge on any atom is -0.486 e. The molecule has 2 heterocycles. The van der Waals surface area contributed by atoms with Crippen molar-refractivity contribution in [3.8, 4) is 5.06 Å². The Balaban J connectivity index is 2.45. The van der Waals surface area contributed by atoms with Crippen molar-refractivity contribution in [2.75, 3.05) is 7.11 Å². The van der Waals surface area contributed by atoms with Gasteiger partial charge < -0.3 is 4.74 Å². The highest BCUT2D eigenvalue weighted by Crippen LogP contribution is 2.28. The number of para-hydroxylation sites is 2. The average Bonchev–Trinajstić information content (AvgIpc) is 2.73. The third-order valence-corrected chi connectivity index (χ3v) is 3.13. The first-order chi connectivity index (χ1) is 6.88. The number of nitrogens with zero attached hydrogens (tertiary/aromatic N) is 2. The predicted molar refractivity (Wildman–Crippen MR) is 57.1 cm³/mol. The number of methoxy groups -OCH3 is 1. The quantitative estimate of drug-likeness (QED) is 0.609. The Kier molecular flexibility index (Phi) is 1.52. The number of fused-ring (bicyclic) bond motifs is 3. The molecule has 3 nitrogen and oxygen atoms in total. The largest absolute Gasteiger partial charge is 0.486 e. The first-order valence-electron chi connectivity index (χ1n) is 4.29. The first-order valence-corrected chi connectivity index (χ1v) is 5.11. The molecule has 0 amide bonds. The minimum atomic E-state index is 0.887. The van der Waals surface area contributed by atoms with Crippen LogP contribution in [0, 0.1) is 0 Å². The fraction of sp³-hybridized carbons (Fsp3) is 0.100. The molecular formula is C10H8N2OS. The van der Waals surface area contributed by atoms with Crippen LogP contribution in [-0.4, -0.2) is 16.5 Å². The number of aromatic nitrogens is 2. The van der Waals surface area contributed by atoms with Gasteiger partial charge in [0.2, 0.25) is 0 Å². The molecule has 0 aliphatic rings. The molecule has 0 radical (unpaired) electrons. The van der Waals surface area contributed by atoms with E-state index < -0.39 is 0 Å². The van der Waals surface area contributed by atoms with Crippen LogP contribution in [0.25, 0.3) is 16.0 Å². The molecule has 3 rings (SSSR count). The van der Waals surface area contributed by atoms with Gasteiger partial charge in [-0.1, -0.05) is 23.5 Å². The van der Waals surface area contributed by atoms with Crippen LogP contribution < -0.4 is 4.74 Å². The van der Waals surface area contributed by atoms with Crippen molar-refractivity contribution in [2.45, 2.75) is 0 Å². The van der Waals surface area contributed by atoms with E-state index in [1.54, 1.807) is 18.4 Å². The first kappa shape index (κ1) is 7.82. The van der Waals surface area contributed by atoms with Crippen LogP contribution in [-0.2, 0) is 0 Å². The molecule has 0 saturated heterocycles. The summed E-state index contributed by atoms with van der Waals surface area (Å²) in [4.78, 5) is 5.46. The maximum absolute atomic E-state index is 5.16. The molecule has 0 bridgehead atoms. The Labute approximate surface area is 84.6 Å². The lowest BCUT2D eigenvalue weighted by Gasteiger charge is -1.90. The highest BCUT2D eigenvalue weighted by molar-refractivity contribution is 7.18. The lowest BCUT2D eigenvalue weighted by atomic mass is 10.3. The van der Waals surface area contributed by atoms with Gasteiger partial charge in [-0.2, -0.15) is 0 Å². The zero-order valence-corrected chi connectivity index (χ0v) is 8.41. The lowest BCUT2D eigenvalue weighted by molar-refractivity contribution is 0.425. The van der Waals surface area contributed by atoms with E-state index in [-0.39, 0.29) is 0 Å². The van der Waals surface area contributed by atoms with Gasteiger partial charge in [0, 0.05) is 0 Å². The Morgan fingerprint density at radius 1 is 1.36 bits per heavy atom. The highest BCUT2D eigenvalue weighted by atomic mass is 32.1. The van der Waals surface area contributed by atoms with Crippen LogP contribution in [0.15, 0.2) is 30.5 Å². The SMILES string of the molecule is COc1cn2c(nc3ccccc32)s1. The third kappa shape index (κ3) is 0.943. The molecule has 3 aromatic rings. The van der Waals surface area contributed by atoms with Crippen molar-refractivity contribution in [3.63, 3.8) is 0 Å². The van der Waals surface area contributed by atoms with Gasteiger partial charge >= 0.3 is 0 Å². The fourth-order valence-electron chi connectivity index (χ4n) is 1.54. The summed E-state index contributed by atoms with van der Waals surface area (Å²) in [5.74, 6) is 0. The summed E-state index contributed by atoms with van der Waals surface area (Å²) in [6.07, 6.45) is 1.97. The molecule has 14 heavy (non-hydrogen) atoms. The van der Waals surface area contributed by atoms with Crippen LogP contribution in [0.2, 0.25) is 0 Å². The summed E-state index contributed by atoms with van der Waals surface area (Å²) in [6.45, 7) is 0. The van der Waals surface area contributed by atoms with E-state index in [9.17, 15) is 0 Å².